The van der Waals surface area contributed by atoms with Gasteiger partial charge in [0.25, 0.3) is 0 Å². The Morgan fingerprint density at radius 3 is 2.89 bits per heavy atom. The van der Waals surface area contributed by atoms with Crippen LogP contribution in [0.25, 0.3) is 0 Å². The highest BCUT2D eigenvalue weighted by Gasteiger charge is 2.19. The monoisotopic (exact) mass is 258 g/mol. The lowest BCUT2D eigenvalue weighted by atomic mass is 10.2. The molecule has 0 saturated heterocycles. The lowest BCUT2D eigenvalue weighted by molar-refractivity contribution is 0.322. The van der Waals surface area contributed by atoms with E-state index in [1.807, 2.05) is 35.9 Å². The molecule has 1 aliphatic heterocycles. The van der Waals surface area contributed by atoms with E-state index in [0.29, 0.717) is 24.6 Å². The van der Waals surface area contributed by atoms with E-state index in [9.17, 15) is 4.39 Å². The molecule has 0 bridgehead atoms. The first-order valence-corrected chi connectivity index (χ1v) is 6.33. The number of aromatic nitrogens is 1. The van der Waals surface area contributed by atoms with Crippen molar-refractivity contribution >= 4 is 5.90 Å². The molecule has 2 aromatic rings. The van der Waals surface area contributed by atoms with Crippen LogP contribution in [0.5, 0.6) is 0 Å². The predicted octanol–water partition coefficient (Wildman–Crippen LogP) is 2.84. The van der Waals surface area contributed by atoms with Gasteiger partial charge in [-0.15, -0.1) is 0 Å². The van der Waals surface area contributed by atoms with Gasteiger partial charge in [-0.3, -0.25) is 0 Å². The molecule has 2 heterocycles. The first-order valence-electron chi connectivity index (χ1n) is 6.33. The van der Waals surface area contributed by atoms with Crippen molar-refractivity contribution < 1.29 is 9.13 Å². The minimum absolute atomic E-state index is 0.187. The maximum absolute atomic E-state index is 13.7. The normalized spacial score (nSPS) is 18.2. The van der Waals surface area contributed by atoms with Crippen LogP contribution in [0.15, 0.2) is 47.6 Å². The van der Waals surface area contributed by atoms with Gasteiger partial charge >= 0.3 is 0 Å². The third kappa shape index (κ3) is 2.38. The van der Waals surface area contributed by atoms with E-state index in [1.165, 1.54) is 6.07 Å². The summed E-state index contributed by atoms with van der Waals surface area (Å²) in [5.74, 6) is 0.457. The summed E-state index contributed by atoms with van der Waals surface area (Å²) in [6, 6.07) is 10.9. The molecule has 19 heavy (non-hydrogen) atoms. The van der Waals surface area contributed by atoms with Gasteiger partial charge in [-0.25, -0.2) is 9.38 Å². The number of aliphatic imine (C=N–C) groups is 1. The van der Waals surface area contributed by atoms with E-state index in [0.717, 1.165) is 5.69 Å². The van der Waals surface area contributed by atoms with Crippen LogP contribution in [0.3, 0.4) is 0 Å². The Morgan fingerprint density at radius 1 is 1.32 bits per heavy atom. The average molecular weight is 258 g/mol. The molecule has 3 nitrogen and oxygen atoms in total. The standard InChI is InChI=1S/C15H15FN2O/c1-11-10-19-15(17-11)14-7-4-8-18(14)9-12-5-2-3-6-13(12)16/h2-8,11H,9-10H2,1H3. The van der Waals surface area contributed by atoms with Gasteiger partial charge in [0, 0.05) is 11.8 Å². The lowest BCUT2D eigenvalue weighted by Crippen LogP contribution is -2.11. The van der Waals surface area contributed by atoms with Crippen molar-refractivity contribution in [1.29, 1.82) is 0 Å². The zero-order valence-corrected chi connectivity index (χ0v) is 10.7. The quantitative estimate of drug-likeness (QED) is 0.831. The Morgan fingerprint density at radius 2 is 2.16 bits per heavy atom. The van der Waals surface area contributed by atoms with Crippen molar-refractivity contribution in [2.24, 2.45) is 4.99 Å². The summed E-state index contributed by atoms with van der Waals surface area (Å²) in [7, 11) is 0. The Kier molecular flexibility index (Phi) is 3.07. The first kappa shape index (κ1) is 12.0. The second-order valence-corrected chi connectivity index (χ2v) is 4.71. The van der Waals surface area contributed by atoms with E-state index in [-0.39, 0.29) is 11.9 Å². The van der Waals surface area contributed by atoms with Gasteiger partial charge in [0.1, 0.15) is 18.1 Å². The van der Waals surface area contributed by atoms with Crippen LogP contribution in [0.2, 0.25) is 0 Å². The zero-order chi connectivity index (χ0) is 13.2. The number of ether oxygens (including phenoxy) is 1. The van der Waals surface area contributed by atoms with Gasteiger partial charge < -0.3 is 9.30 Å². The molecule has 0 radical (unpaired) electrons. The van der Waals surface area contributed by atoms with Crippen LogP contribution < -0.4 is 0 Å². The van der Waals surface area contributed by atoms with E-state index in [2.05, 4.69) is 4.99 Å². The second-order valence-electron chi connectivity index (χ2n) is 4.71. The number of hydrogen-bond acceptors (Lipinski definition) is 2. The molecular formula is C15H15FN2O. The predicted molar refractivity (Wildman–Crippen MR) is 71.9 cm³/mol. The fourth-order valence-corrected chi connectivity index (χ4v) is 2.17. The van der Waals surface area contributed by atoms with Gasteiger partial charge in [-0.1, -0.05) is 18.2 Å². The molecule has 1 unspecified atom stereocenters. The van der Waals surface area contributed by atoms with Crippen LogP contribution >= 0.6 is 0 Å². The summed E-state index contributed by atoms with van der Waals surface area (Å²) in [5.41, 5.74) is 1.55. The molecule has 0 aliphatic carbocycles. The Hall–Kier alpha value is -2.10. The molecule has 3 rings (SSSR count). The SMILES string of the molecule is CC1COC(c2cccn2Cc2ccccc2F)=N1. The van der Waals surface area contributed by atoms with Crippen molar-refractivity contribution in [2.45, 2.75) is 19.5 Å². The molecule has 0 spiro atoms. The van der Waals surface area contributed by atoms with E-state index >= 15 is 0 Å². The third-order valence-corrected chi connectivity index (χ3v) is 3.15. The molecule has 98 valence electrons. The largest absolute Gasteiger partial charge is 0.474 e. The van der Waals surface area contributed by atoms with Crippen LogP contribution in [0, 0.1) is 5.82 Å². The van der Waals surface area contributed by atoms with Crippen LogP contribution in [-0.2, 0) is 11.3 Å². The van der Waals surface area contributed by atoms with E-state index in [4.69, 9.17) is 4.74 Å². The molecule has 0 N–H and O–H groups in total. The average Bonchev–Trinajstić information content (AvgIpc) is 3.01. The summed E-state index contributed by atoms with van der Waals surface area (Å²) in [6.07, 6.45) is 1.91. The van der Waals surface area contributed by atoms with E-state index in [1.54, 1.807) is 12.1 Å². The van der Waals surface area contributed by atoms with Crippen molar-refractivity contribution in [2.75, 3.05) is 6.61 Å². The summed E-state index contributed by atoms with van der Waals surface area (Å²) >= 11 is 0. The molecule has 1 atom stereocenters. The van der Waals surface area contributed by atoms with Crippen LogP contribution in [-0.4, -0.2) is 23.1 Å². The molecule has 0 fully saturated rings. The third-order valence-electron chi connectivity index (χ3n) is 3.15. The summed E-state index contributed by atoms with van der Waals surface area (Å²) in [4.78, 5) is 4.44. The van der Waals surface area contributed by atoms with Gasteiger partial charge in [-0.2, -0.15) is 0 Å². The molecule has 1 aliphatic rings. The molecule has 1 aromatic carbocycles. The number of rotatable bonds is 3. The highest BCUT2D eigenvalue weighted by atomic mass is 19.1. The maximum atomic E-state index is 13.7. The van der Waals surface area contributed by atoms with Crippen molar-refractivity contribution in [1.82, 2.24) is 4.57 Å². The van der Waals surface area contributed by atoms with Crippen molar-refractivity contribution in [3.05, 3.63) is 59.7 Å². The molecule has 0 amide bonds. The number of halogens is 1. The topological polar surface area (TPSA) is 26.5 Å². The Labute approximate surface area is 111 Å². The Bertz CT molecular complexity index is 618. The van der Waals surface area contributed by atoms with Crippen LogP contribution in [0.4, 0.5) is 4.39 Å². The van der Waals surface area contributed by atoms with Crippen molar-refractivity contribution in [3.8, 4) is 0 Å². The van der Waals surface area contributed by atoms with Crippen molar-refractivity contribution in [3.63, 3.8) is 0 Å². The lowest BCUT2D eigenvalue weighted by Gasteiger charge is -2.09. The number of hydrogen-bond donors (Lipinski definition) is 0. The minimum Gasteiger partial charge on any atom is -0.474 e. The fraction of sp³-hybridized carbons (Fsp3) is 0.267. The summed E-state index contributed by atoms with van der Waals surface area (Å²) < 4.78 is 21.2. The Balaban J connectivity index is 1.89. The fourth-order valence-electron chi connectivity index (χ4n) is 2.17. The smallest absolute Gasteiger partial charge is 0.233 e. The van der Waals surface area contributed by atoms with Gasteiger partial charge in [0.15, 0.2) is 0 Å². The molecule has 1 aromatic heterocycles. The first-order chi connectivity index (χ1) is 9.24. The maximum Gasteiger partial charge on any atom is 0.233 e. The molecule has 4 heteroatoms. The summed E-state index contributed by atoms with van der Waals surface area (Å²) in [6.45, 7) is 3.10. The highest BCUT2D eigenvalue weighted by molar-refractivity contribution is 5.93. The molecular weight excluding hydrogens is 243 g/mol. The number of benzene rings is 1. The highest BCUT2D eigenvalue weighted by Crippen LogP contribution is 2.15. The van der Waals surface area contributed by atoms with E-state index < -0.39 is 0 Å². The van der Waals surface area contributed by atoms with Gasteiger partial charge in [0.05, 0.1) is 12.6 Å². The van der Waals surface area contributed by atoms with Gasteiger partial charge in [0.2, 0.25) is 5.90 Å². The summed E-state index contributed by atoms with van der Waals surface area (Å²) in [5, 5.41) is 0. The number of nitrogens with zero attached hydrogens (tertiary/aromatic N) is 2. The molecule has 0 saturated carbocycles. The van der Waals surface area contributed by atoms with Crippen LogP contribution in [0.1, 0.15) is 18.2 Å². The zero-order valence-electron chi connectivity index (χ0n) is 10.7. The second kappa shape index (κ2) is 4.88. The minimum atomic E-state index is -0.190. The van der Waals surface area contributed by atoms with Gasteiger partial charge in [-0.05, 0) is 25.1 Å².